The second-order valence-electron chi connectivity index (χ2n) is 5.66. The molecule has 0 amide bonds. The molecule has 3 rings (SSSR count). The minimum atomic E-state index is 0.339. The lowest BCUT2D eigenvalue weighted by Crippen LogP contribution is -1.97. The van der Waals surface area contributed by atoms with Gasteiger partial charge < -0.3 is 0 Å². The van der Waals surface area contributed by atoms with E-state index in [1.807, 2.05) is 0 Å². The van der Waals surface area contributed by atoms with Gasteiger partial charge in [0.25, 0.3) is 0 Å². The van der Waals surface area contributed by atoms with Crippen LogP contribution in [-0.4, -0.2) is 0 Å². The van der Waals surface area contributed by atoms with Crippen LogP contribution in [0.15, 0.2) is 60.7 Å². The molecular weight excluding hydrogens is 320 g/mol. The van der Waals surface area contributed by atoms with Crippen LogP contribution in [0.1, 0.15) is 27.1 Å². The molecule has 0 radical (unpaired) electrons. The highest BCUT2D eigenvalue weighted by Gasteiger charge is 2.12. The van der Waals surface area contributed by atoms with Gasteiger partial charge in [0, 0.05) is 4.83 Å². The van der Waals surface area contributed by atoms with Gasteiger partial charge in [0.15, 0.2) is 0 Å². The van der Waals surface area contributed by atoms with Crippen LogP contribution in [0, 0.1) is 13.8 Å². The average Bonchev–Trinajstić information content (AvgIpc) is 2.50. The van der Waals surface area contributed by atoms with E-state index in [1.165, 1.54) is 33.0 Å². The average molecular weight is 339 g/mol. The molecule has 0 saturated heterocycles. The lowest BCUT2D eigenvalue weighted by atomic mass is 9.97. The Morgan fingerprint density at radius 3 is 2.43 bits per heavy atom. The van der Waals surface area contributed by atoms with Crippen LogP contribution in [0.2, 0.25) is 0 Å². The molecule has 0 heterocycles. The van der Waals surface area contributed by atoms with Crippen molar-refractivity contribution in [1.29, 1.82) is 0 Å². The number of rotatable bonds is 3. The smallest absolute Gasteiger partial charge is 0.0441 e. The van der Waals surface area contributed by atoms with Crippen molar-refractivity contribution < 1.29 is 0 Å². The molecule has 0 bridgehead atoms. The maximum absolute atomic E-state index is 3.89. The van der Waals surface area contributed by atoms with Gasteiger partial charge in [0.05, 0.1) is 0 Å². The van der Waals surface area contributed by atoms with Gasteiger partial charge in [-0.3, -0.25) is 0 Å². The fourth-order valence-corrected chi connectivity index (χ4v) is 3.54. The van der Waals surface area contributed by atoms with Gasteiger partial charge in [0.2, 0.25) is 0 Å². The minimum absolute atomic E-state index is 0.339. The fourth-order valence-electron chi connectivity index (χ4n) is 2.77. The van der Waals surface area contributed by atoms with E-state index in [-0.39, 0.29) is 0 Å². The Kier molecular flexibility index (Phi) is 4.12. The Bertz CT molecular complexity index is 768. The Balaban J connectivity index is 1.93. The predicted molar refractivity (Wildman–Crippen MR) is 95.2 cm³/mol. The van der Waals surface area contributed by atoms with E-state index < -0.39 is 0 Å². The van der Waals surface area contributed by atoms with Gasteiger partial charge >= 0.3 is 0 Å². The maximum Gasteiger partial charge on any atom is 0.0441 e. The summed E-state index contributed by atoms with van der Waals surface area (Å²) in [5.41, 5.74) is 5.47. The third-order valence-corrected chi connectivity index (χ3v) is 4.96. The number of fused-ring (bicyclic) bond motifs is 1. The summed E-state index contributed by atoms with van der Waals surface area (Å²) in [5.74, 6) is 0. The molecule has 0 aliphatic heterocycles. The predicted octanol–water partition coefficient (Wildman–Crippen LogP) is 6.14. The molecule has 1 heteroatoms. The van der Waals surface area contributed by atoms with Crippen molar-refractivity contribution in [2.45, 2.75) is 25.1 Å². The van der Waals surface area contributed by atoms with E-state index in [2.05, 4.69) is 90.4 Å². The quantitative estimate of drug-likeness (QED) is 0.503. The number of hydrogen-bond acceptors (Lipinski definition) is 0. The highest BCUT2D eigenvalue weighted by atomic mass is 79.9. The first-order valence-corrected chi connectivity index (χ1v) is 8.24. The third-order valence-electron chi connectivity index (χ3n) is 4.15. The highest BCUT2D eigenvalue weighted by Crippen LogP contribution is 2.32. The van der Waals surface area contributed by atoms with E-state index in [9.17, 15) is 0 Å². The van der Waals surface area contributed by atoms with Crippen molar-refractivity contribution >= 4 is 26.7 Å². The van der Waals surface area contributed by atoms with E-state index in [0.29, 0.717) is 4.83 Å². The zero-order chi connectivity index (χ0) is 14.8. The van der Waals surface area contributed by atoms with Crippen LogP contribution in [0.3, 0.4) is 0 Å². The normalized spacial score (nSPS) is 12.5. The lowest BCUT2D eigenvalue weighted by Gasteiger charge is -2.14. The molecule has 0 aliphatic rings. The first-order chi connectivity index (χ1) is 10.1. The maximum atomic E-state index is 3.89. The first kappa shape index (κ1) is 14.3. The fraction of sp³-hybridized carbons (Fsp3) is 0.200. The molecule has 106 valence electrons. The molecular formula is C20H19Br. The second kappa shape index (κ2) is 6.03. The van der Waals surface area contributed by atoms with Crippen LogP contribution in [0.25, 0.3) is 10.8 Å². The van der Waals surface area contributed by atoms with Crippen LogP contribution in [-0.2, 0) is 6.42 Å². The summed E-state index contributed by atoms with van der Waals surface area (Å²) >= 11 is 3.89. The van der Waals surface area contributed by atoms with E-state index in [1.54, 1.807) is 0 Å². The van der Waals surface area contributed by atoms with Crippen LogP contribution >= 0.6 is 15.9 Å². The van der Waals surface area contributed by atoms with Gasteiger partial charge in [-0.1, -0.05) is 76.6 Å². The van der Waals surface area contributed by atoms with E-state index >= 15 is 0 Å². The highest BCUT2D eigenvalue weighted by molar-refractivity contribution is 9.09. The van der Waals surface area contributed by atoms with Crippen molar-refractivity contribution in [3.05, 3.63) is 82.9 Å². The minimum Gasteiger partial charge on any atom is -0.0835 e. The molecule has 0 nitrogen and oxygen atoms in total. The van der Waals surface area contributed by atoms with Gasteiger partial charge in [-0.05, 0) is 53.3 Å². The summed E-state index contributed by atoms with van der Waals surface area (Å²) in [6.45, 7) is 4.34. The molecule has 0 aliphatic carbocycles. The number of halogens is 1. The SMILES string of the molecule is Cc1ccc(CC(Br)c2cccc3ccccc23)cc1C. The topological polar surface area (TPSA) is 0 Å². The summed E-state index contributed by atoms with van der Waals surface area (Å²) < 4.78 is 0. The van der Waals surface area contributed by atoms with Gasteiger partial charge in [0.1, 0.15) is 0 Å². The summed E-state index contributed by atoms with van der Waals surface area (Å²) in [4.78, 5) is 0.339. The molecule has 0 saturated carbocycles. The Morgan fingerprint density at radius 1 is 0.857 bits per heavy atom. The summed E-state index contributed by atoms with van der Waals surface area (Å²) in [7, 11) is 0. The molecule has 0 spiro atoms. The lowest BCUT2D eigenvalue weighted by molar-refractivity contribution is 0.954. The summed E-state index contributed by atoms with van der Waals surface area (Å²) in [6.07, 6.45) is 1.01. The Labute approximate surface area is 134 Å². The number of aryl methyl sites for hydroxylation is 2. The molecule has 0 fully saturated rings. The van der Waals surface area contributed by atoms with Crippen LogP contribution in [0.5, 0.6) is 0 Å². The standard InChI is InChI=1S/C20H19Br/c1-14-10-11-16(12-15(14)2)13-20(21)19-9-5-7-17-6-3-4-8-18(17)19/h3-12,20H,13H2,1-2H3. The molecule has 3 aromatic rings. The molecule has 21 heavy (non-hydrogen) atoms. The van der Waals surface area contributed by atoms with Crippen molar-refractivity contribution in [2.75, 3.05) is 0 Å². The monoisotopic (exact) mass is 338 g/mol. The van der Waals surface area contributed by atoms with Gasteiger partial charge in [-0.25, -0.2) is 0 Å². The van der Waals surface area contributed by atoms with Crippen molar-refractivity contribution in [3.8, 4) is 0 Å². The van der Waals surface area contributed by atoms with Crippen LogP contribution < -0.4 is 0 Å². The van der Waals surface area contributed by atoms with E-state index in [4.69, 9.17) is 0 Å². The van der Waals surface area contributed by atoms with Gasteiger partial charge in [-0.15, -0.1) is 0 Å². The Morgan fingerprint density at radius 2 is 1.62 bits per heavy atom. The summed E-state index contributed by atoms with van der Waals surface area (Å²) in [6, 6.07) is 21.9. The molecule has 0 N–H and O–H groups in total. The molecule has 1 unspecified atom stereocenters. The number of benzene rings is 3. The second-order valence-corrected chi connectivity index (χ2v) is 6.76. The first-order valence-electron chi connectivity index (χ1n) is 7.33. The number of alkyl halides is 1. The van der Waals surface area contributed by atoms with Crippen LogP contribution in [0.4, 0.5) is 0 Å². The number of hydrogen-bond donors (Lipinski definition) is 0. The third kappa shape index (κ3) is 3.03. The zero-order valence-electron chi connectivity index (χ0n) is 12.4. The van der Waals surface area contributed by atoms with Crippen molar-refractivity contribution in [1.82, 2.24) is 0 Å². The van der Waals surface area contributed by atoms with Crippen molar-refractivity contribution in [3.63, 3.8) is 0 Å². The largest absolute Gasteiger partial charge is 0.0835 e. The molecule has 1 atom stereocenters. The molecule has 3 aromatic carbocycles. The Hall–Kier alpha value is -1.60. The zero-order valence-corrected chi connectivity index (χ0v) is 14.0. The van der Waals surface area contributed by atoms with Crippen molar-refractivity contribution in [2.24, 2.45) is 0 Å². The van der Waals surface area contributed by atoms with Gasteiger partial charge in [-0.2, -0.15) is 0 Å². The summed E-state index contributed by atoms with van der Waals surface area (Å²) in [5, 5.41) is 2.64. The van der Waals surface area contributed by atoms with E-state index in [0.717, 1.165) is 6.42 Å². The molecule has 0 aromatic heterocycles.